The molecule has 0 aromatic heterocycles. The minimum Gasteiger partial charge on any atom is -0.351 e. The first-order valence-corrected chi connectivity index (χ1v) is 12.3. The highest BCUT2D eigenvalue weighted by molar-refractivity contribution is 7.89. The van der Waals surface area contributed by atoms with Crippen LogP contribution in [-0.2, 0) is 32.6 Å². The van der Waals surface area contributed by atoms with Crippen molar-refractivity contribution in [1.29, 1.82) is 0 Å². The van der Waals surface area contributed by atoms with Crippen LogP contribution in [0.1, 0.15) is 44.4 Å². The maximum absolute atomic E-state index is 13.1. The van der Waals surface area contributed by atoms with E-state index in [1.54, 1.807) is 30.9 Å². The van der Waals surface area contributed by atoms with Crippen LogP contribution in [0.4, 0.5) is 5.69 Å². The second-order valence-electron chi connectivity index (χ2n) is 8.78. The van der Waals surface area contributed by atoms with Crippen LogP contribution in [0.15, 0.2) is 47.4 Å². The molecule has 0 fully saturated rings. The molecule has 2 aromatic carbocycles. The smallest absolute Gasteiger partial charge is 0.241 e. The molecule has 0 saturated carbocycles. The molecule has 2 amide bonds. The Morgan fingerprint density at radius 2 is 1.78 bits per heavy atom. The fourth-order valence-electron chi connectivity index (χ4n) is 3.99. The molecule has 7 nitrogen and oxygen atoms in total. The van der Waals surface area contributed by atoms with Gasteiger partial charge >= 0.3 is 0 Å². The molecule has 1 aliphatic heterocycles. The lowest BCUT2D eigenvalue weighted by atomic mass is 10.0. The van der Waals surface area contributed by atoms with E-state index in [-0.39, 0.29) is 28.7 Å². The number of anilines is 1. The lowest BCUT2D eigenvalue weighted by Crippen LogP contribution is -2.49. The molecule has 2 aromatic rings. The van der Waals surface area contributed by atoms with Crippen LogP contribution in [-0.4, -0.2) is 32.3 Å². The number of rotatable bonds is 7. The Morgan fingerprint density at radius 3 is 2.38 bits per heavy atom. The molecule has 0 bridgehead atoms. The summed E-state index contributed by atoms with van der Waals surface area (Å²) in [5.41, 5.74) is 3.61. The van der Waals surface area contributed by atoms with Crippen molar-refractivity contribution >= 4 is 27.5 Å². The third-order valence-electron chi connectivity index (χ3n) is 5.73. The maximum atomic E-state index is 13.1. The van der Waals surface area contributed by atoms with Gasteiger partial charge in [-0.2, -0.15) is 4.72 Å². The third kappa shape index (κ3) is 5.19. The largest absolute Gasteiger partial charge is 0.351 e. The second-order valence-corrected chi connectivity index (χ2v) is 10.5. The van der Waals surface area contributed by atoms with Gasteiger partial charge in [-0.05, 0) is 55.5 Å². The third-order valence-corrected chi connectivity index (χ3v) is 7.17. The first-order chi connectivity index (χ1) is 15.0. The predicted molar refractivity (Wildman–Crippen MR) is 125 cm³/mol. The van der Waals surface area contributed by atoms with Crippen LogP contribution < -0.4 is 14.9 Å². The standard InChI is InChI=1S/C24H31N3O4S/c1-15(2)23(24(29)25-14-19-8-6-16(3)7-9-19)26-32(30,31)21-10-11-22-20(13-21)12-17(4)27(22)18(5)28/h6-11,13,15,17,23,26H,12,14H2,1-5H3,(H,25,29)/t17-,23+/m0/s1. The number of fused-ring (bicyclic) bond motifs is 1. The number of hydrogen-bond acceptors (Lipinski definition) is 4. The van der Waals surface area contributed by atoms with E-state index < -0.39 is 16.1 Å². The summed E-state index contributed by atoms with van der Waals surface area (Å²) in [6.45, 7) is 9.34. The van der Waals surface area contributed by atoms with E-state index in [1.165, 1.54) is 13.0 Å². The van der Waals surface area contributed by atoms with Gasteiger partial charge in [0.05, 0.1) is 4.90 Å². The van der Waals surface area contributed by atoms with Crippen molar-refractivity contribution < 1.29 is 18.0 Å². The lowest BCUT2D eigenvalue weighted by molar-refractivity contribution is -0.123. The quantitative estimate of drug-likeness (QED) is 0.668. The zero-order valence-corrected chi connectivity index (χ0v) is 20.0. The molecule has 0 saturated heterocycles. The first-order valence-electron chi connectivity index (χ1n) is 10.8. The summed E-state index contributed by atoms with van der Waals surface area (Å²) in [5.74, 6) is -0.692. The van der Waals surface area contributed by atoms with Gasteiger partial charge in [0.25, 0.3) is 0 Å². The zero-order chi connectivity index (χ0) is 23.6. The van der Waals surface area contributed by atoms with Crippen molar-refractivity contribution in [2.45, 2.75) is 64.6 Å². The Kier molecular flexibility index (Phi) is 7.05. The SMILES string of the molecule is CC(=O)N1c2ccc(S(=O)(=O)N[C@@H](C(=O)NCc3ccc(C)cc3)C(C)C)cc2C[C@@H]1C. The predicted octanol–water partition coefficient (Wildman–Crippen LogP) is 2.91. The summed E-state index contributed by atoms with van der Waals surface area (Å²) in [7, 11) is -3.93. The molecule has 32 heavy (non-hydrogen) atoms. The zero-order valence-electron chi connectivity index (χ0n) is 19.2. The summed E-state index contributed by atoms with van der Waals surface area (Å²) in [6.07, 6.45) is 0.586. The van der Waals surface area contributed by atoms with Gasteiger partial charge in [-0.25, -0.2) is 8.42 Å². The van der Waals surface area contributed by atoms with E-state index >= 15 is 0 Å². The summed E-state index contributed by atoms with van der Waals surface area (Å²) in [4.78, 5) is 26.5. The summed E-state index contributed by atoms with van der Waals surface area (Å²) in [6, 6.07) is 11.6. The number of benzene rings is 2. The van der Waals surface area contributed by atoms with Crippen LogP contribution in [0, 0.1) is 12.8 Å². The second kappa shape index (κ2) is 9.42. The van der Waals surface area contributed by atoms with E-state index in [4.69, 9.17) is 0 Å². The molecule has 172 valence electrons. The summed E-state index contributed by atoms with van der Waals surface area (Å²) < 4.78 is 28.7. The average Bonchev–Trinajstić information content (AvgIpc) is 3.06. The fraction of sp³-hybridized carbons (Fsp3) is 0.417. The number of nitrogens with zero attached hydrogens (tertiary/aromatic N) is 1. The Morgan fingerprint density at radius 1 is 1.12 bits per heavy atom. The molecule has 0 spiro atoms. The van der Waals surface area contributed by atoms with Gasteiger partial charge in [0.15, 0.2) is 0 Å². The van der Waals surface area contributed by atoms with E-state index in [2.05, 4.69) is 10.0 Å². The number of carbonyl (C=O) groups excluding carboxylic acids is 2. The summed E-state index contributed by atoms with van der Waals surface area (Å²) in [5, 5.41) is 2.83. The summed E-state index contributed by atoms with van der Waals surface area (Å²) >= 11 is 0. The van der Waals surface area contributed by atoms with Crippen LogP contribution in [0.3, 0.4) is 0 Å². The van der Waals surface area contributed by atoms with Gasteiger partial charge in [-0.1, -0.05) is 43.7 Å². The molecule has 1 aliphatic rings. The van der Waals surface area contributed by atoms with Crippen LogP contribution in [0.25, 0.3) is 0 Å². The molecule has 0 radical (unpaired) electrons. The molecule has 2 atom stereocenters. The number of hydrogen-bond donors (Lipinski definition) is 2. The molecule has 2 N–H and O–H groups in total. The highest BCUT2D eigenvalue weighted by atomic mass is 32.2. The van der Waals surface area contributed by atoms with Gasteiger partial charge < -0.3 is 10.2 Å². The number of aryl methyl sites for hydroxylation is 1. The van der Waals surface area contributed by atoms with Gasteiger partial charge in [0.1, 0.15) is 6.04 Å². The van der Waals surface area contributed by atoms with Crippen LogP contribution >= 0.6 is 0 Å². The van der Waals surface area contributed by atoms with E-state index in [0.29, 0.717) is 13.0 Å². The van der Waals surface area contributed by atoms with Gasteiger partial charge in [0.2, 0.25) is 21.8 Å². The number of nitrogens with one attached hydrogen (secondary N) is 2. The Bertz CT molecular complexity index is 1110. The van der Waals surface area contributed by atoms with Crippen LogP contribution in [0.2, 0.25) is 0 Å². The molecule has 1 heterocycles. The Hall–Kier alpha value is -2.71. The van der Waals surface area contributed by atoms with Gasteiger partial charge in [-0.3, -0.25) is 9.59 Å². The molecular formula is C24H31N3O4S. The van der Waals surface area contributed by atoms with Crippen LogP contribution in [0.5, 0.6) is 0 Å². The Labute approximate surface area is 190 Å². The highest BCUT2D eigenvalue weighted by Gasteiger charge is 2.32. The van der Waals surface area contributed by atoms with Crippen molar-refractivity contribution in [2.75, 3.05) is 4.90 Å². The Balaban J connectivity index is 1.75. The minimum atomic E-state index is -3.93. The van der Waals surface area contributed by atoms with Crippen molar-refractivity contribution in [2.24, 2.45) is 5.92 Å². The monoisotopic (exact) mass is 457 g/mol. The van der Waals surface area contributed by atoms with Crippen molar-refractivity contribution in [1.82, 2.24) is 10.0 Å². The molecular weight excluding hydrogens is 426 g/mol. The minimum absolute atomic E-state index is 0.0237. The topological polar surface area (TPSA) is 95.6 Å². The normalized spacial score (nSPS) is 16.7. The number of sulfonamides is 1. The van der Waals surface area contributed by atoms with Crippen molar-refractivity contribution in [3.05, 3.63) is 59.2 Å². The maximum Gasteiger partial charge on any atom is 0.241 e. The molecule has 8 heteroatoms. The molecule has 0 aliphatic carbocycles. The van der Waals surface area contributed by atoms with E-state index in [1.807, 2.05) is 38.1 Å². The van der Waals surface area contributed by atoms with E-state index in [0.717, 1.165) is 22.4 Å². The number of carbonyl (C=O) groups is 2. The lowest BCUT2D eigenvalue weighted by Gasteiger charge is -2.22. The van der Waals surface area contributed by atoms with Crippen molar-refractivity contribution in [3.63, 3.8) is 0 Å². The highest BCUT2D eigenvalue weighted by Crippen LogP contribution is 2.34. The molecule has 0 unspecified atom stereocenters. The molecule has 3 rings (SSSR count). The number of amides is 2. The van der Waals surface area contributed by atoms with Gasteiger partial charge in [0, 0.05) is 25.2 Å². The fourth-order valence-corrected chi connectivity index (χ4v) is 5.38. The average molecular weight is 458 g/mol. The van der Waals surface area contributed by atoms with Crippen molar-refractivity contribution in [3.8, 4) is 0 Å². The first kappa shape index (κ1) is 23.9. The van der Waals surface area contributed by atoms with E-state index in [9.17, 15) is 18.0 Å². The van der Waals surface area contributed by atoms with Gasteiger partial charge in [-0.15, -0.1) is 0 Å².